The number of ether oxygens (including phenoxy) is 2. The molecule has 0 N–H and O–H groups in total. The molecular formula is C129H88N4O2. The summed E-state index contributed by atoms with van der Waals surface area (Å²) in [5.74, 6) is 3.29. The quantitative estimate of drug-likeness (QED) is 0.0796. The molecule has 0 saturated carbocycles. The summed E-state index contributed by atoms with van der Waals surface area (Å²) in [5, 5.41) is 14.0. The molecule has 23 aromatic carbocycles. The fourth-order valence-corrected chi connectivity index (χ4v) is 21.6. The molecule has 0 saturated heterocycles. The number of anilines is 12. The highest BCUT2D eigenvalue weighted by molar-refractivity contribution is 6.27. The molecule has 0 aromatic heterocycles. The minimum absolute atomic E-state index is 0.803. The molecule has 2 heterocycles. The number of benzene rings is 23. The molecule has 0 radical (unpaired) electrons. The lowest BCUT2D eigenvalue weighted by molar-refractivity contribution is 0.487. The van der Waals surface area contributed by atoms with Gasteiger partial charge in [0.25, 0.3) is 0 Å². The summed E-state index contributed by atoms with van der Waals surface area (Å²) in [7, 11) is 0. The van der Waals surface area contributed by atoms with Crippen LogP contribution >= 0.6 is 0 Å². The molecule has 2 aliphatic heterocycles. The number of hydrogen-bond acceptors (Lipinski definition) is 6. The van der Waals surface area contributed by atoms with Crippen molar-refractivity contribution in [2.24, 2.45) is 0 Å². The second-order valence-electron chi connectivity index (χ2n) is 35.4. The van der Waals surface area contributed by atoms with Crippen LogP contribution in [0.3, 0.4) is 0 Å². The second-order valence-corrected chi connectivity index (χ2v) is 35.4. The van der Waals surface area contributed by atoms with Crippen molar-refractivity contribution in [1.82, 2.24) is 0 Å². The zero-order chi connectivity index (χ0) is 89.7. The van der Waals surface area contributed by atoms with Gasteiger partial charge in [-0.05, 0) is 304 Å². The zero-order valence-electron chi connectivity index (χ0n) is 74.7. The van der Waals surface area contributed by atoms with Gasteiger partial charge in [-0.3, -0.25) is 0 Å². The van der Waals surface area contributed by atoms with Crippen molar-refractivity contribution in [1.29, 1.82) is 0 Å². The fraction of sp³-hybridized carbons (Fsp3) is 0.0233. The first-order valence-corrected chi connectivity index (χ1v) is 46.4. The van der Waals surface area contributed by atoms with Crippen LogP contribution in [0.1, 0.15) is 16.7 Å². The lowest BCUT2D eigenvalue weighted by atomic mass is 9.86. The van der Waals surface area contributed by atoms with Crippen molar-refractivity contribution in [2.45, 2.75) is 20.8 Å². The van der Waals surface area contributed by atoms with Gasteiger partial charge in [-0.25, -0.2) is 0 Å². The third-order valence-corrected chi connectivity index (χ3v) is 27.5. The molecule has 0 fully saturated rings. The normalized spacial score (nSPS) is 11.8. The molecule has 0 unspecified atom stereocenters. The van der Waals surface area contributed by atoms with Crippen LogP contribution in [-0.2, 0) is 0 Å². The van der Waals surface area contributed by atoms with Crippen molar-refractivity contribution >= 4 is 133 Å². The topological polar surface area (TPSA) is 31.4 Å². The van der Waals surface area contributed by atoms with E-state index in [9.17, 15) is 0 Å². The van der Waals surface area contributed by atoms with Crippen molar-refractivity contribution in [3.05, 3.63) is 496 Å². The van der Waals surface area contributed by atoms with Crippen LogP contribution in [0.5, 0.6) is 23.0 Å². The highest BCUT2D eigenvalue weighted by atomic mass is 16.5. The first-order chi connectivity index (χ1) is 66.7. The minimum atomic E-state index is 0.803. The van der Waals surface area contributed by atoms with Gasteiger partial charge in [0.05, 0.1) is 22.7 Å². The summed E-state index contributed by atoms with van der Waals surface area (Å²) in [6.07, 6.45) is 0. The van der Waals surface area contributed by atoms with Gasteiger partial charge in [0.2, 0.25) is 0 Å². The maximum Gasteiger partial charge on any atom is 0.137 e. The Kier molecular flexibility index (Phi) is 19.5. The predicted octanol–water partition coefficient (Wildman–Crippen LogP) is 37.0. The fourth-order valence-electron chi connectivity index (χ4n) is 21.6. The molecule has 2 aliphatic rings. The lowest BCUT2D eigenvalue weighted by Gasteiger charge is -2.32. The molecule has 25 rings (SSSR count). The Balaban J connectivity index is 0.566. The van der Waals surface area contributed by atoms with Crippen molar-refractivity contribution in [3.8, 4) is 112 Å². The van der Waals surface area contributed by atoms with E-state index in [-0.39, 0.29) is 0 Å². The van der Waals surface area contributed by atoms with E-state index < -0.39 is 0 Å². The summed E-state index contributed by atoms with van der Waals surface area (Å²) in [4.78, 5) is 9.61. The Labute approximate surface area is 785 Å². The summed E-state index contributed by atoms with van der Waals surface area (Å²) in [6, 6.07) is 175. The lowest BCUT2D eigenvalue weighted by Crippen LogP contribution is -2.14. The Hall–Kier alpha value is -17.6. The highest BCUT2D eigenvalue weighted by Gasteiger charge is 2.32. The van der Waals surface area contributed by atoms with Crippen LogP contribution in [0.4, 0.5) is 68.2 Å². The summed E-state index contributed by atoms with van der Waals surface area (Å²) in [5.41, 5.74) is 34.4. The van der Waals surface area contributed by atoms with E-state index in [4.69, 9.17) is 9.47 Å². The zero-order valence-corrected chi connectivity index (χ0v) is 74.7. The number of para-hydroxylation sites is 6. The molecule has 6 heteroatoms. The van der Waals surface area contributed by atoms with Crippen molar-refractivity contribution < 1.29 is 9.47 Å². The maximum absolute atomic E-state index is 7.32. The van der Waals surface area contributed by atoms with E-state index in [0.29, 0.717) is 0 Å². The van der Waals surface area contributed by atoms with Crippen LogP contribution in [0, 0.1) is 20.8 Å². The monoisotopic (exact) mass is 1720 g/mol. The van der Waals surface area contributed by atoms with Gasteiger partial charge < -0.3 is 29.1 Å². The van der Waals surface area contributed by atoms with E-state index in [1.165, 1.54) is 65.3 Å². The summed E-state index contributed by atoms with van der Waals surface area (Å²) >= 11 is 0. The van der Waals surface area contributed by atoms with Gasteiger partial charge in [0, 0.05) is 96.2 Å². The molecule has 636 valence electrons. The van der Waals surface area contributed by atoms with Gasteiger partial charge >= 0.3 is 0 Å². The molecule has 0 amide bonds. The number of nitrogens with zero attached hydrogens (tertiary/aromatic N) is 4. The Bertz CT molecular complexity index is 8630. The van der Waals surface area contributed by atoms with Crippen LogP contribution < -0.4 is 29.1 Å². The molecule has 0 spiro atoms. The van der Waals surface area contributed by atoms with Crippen molar-refractivity contribution in [2.75, 3.05) is 19.6 Å². The van der Waals surface area contributed by atoms with Crippen LogP contribution in [0.15, 0.2) is 479 Å². The van der Waals surface area contributed by atoms with Gasteiger partial charge in [0.1, 0.15) is 23.0 Å². The number of aryl methyl sites for hydroxylation is 2. The minimum Gasteiger partial charge on any atom is -0.456 e. The molecule has 6 nitrogen and oxygen atoms in total. The third-order valence-electron chi connectivity index (χ3n) is 27.5. The number of hydrogen-bond donors (Lipinski definition) is 0. The van der Waals surface area contributed by atoms with Crippen LogP contribution in [0.2, 0.25) is 0 Å². The second kappa shape index (κ2) is 33.1. The Morgan fingerprint density at radius 3 is 0.889 bits per heavy atom. The molecule has 0 bridgehead atoms. The predicted molar refractivity (Wildman–Crippen MR) is 568 cm³/mol. The van der Waals surface area contributed by atoms with E-state index >= 15 is 0 Å². The smallest absolute Gasteiger partial charge is 0.137 e. The van der Waals surface area contributed by atoms with Gasteiger partial charge in [-0.1, -0.05) is 315 Å². The number of fused-ring (bicyclic) bond motifs is 12. The highest BCUT2D eigenvalue weighted by Crippen LogP contribution is 2.58. The molecular weight excluding hydrogens is 1640 g/mol. The molecule has 0 atom stereocenters. The van der Waals surface area contributed by atoms with E-state index in [2.05, 4.69) is 520 Å². The standard InChI is InChI=1S/C129H88N4O2/c1-83-75-84(2)129(133(94-46-20-9-21-47-94)99-72-74-108-118-82-114-105-54-24-22-52-103(105)111(79-115(114)110-57-34-62-123(128(110)118)135-125(108)78-99)89-63-67-95(68-64-89)130(92-42-16-7-17-43-92)119-58-29-26-49-100(119)86-35-10-4-11-36-86)85(3)126(83)91-41-32-48-97(76-91)132(121-60-31-28-51-102(121)88-39-14-6-15-40-88)96-69-65-90(66-70-96)112-80-116-109-56-33-61-122-127(109)117(81-113(116)106-55-25-23-53-104(106)112)107-73-71-98(77-124(107)134-122)131(93-44-18-8-19-45-93)120-59-30-27-50-101(120)87-37-12-5-13-38-87/h4-82H,1-3H3. The molecule has 23 aromatic rings. The summed E-state index contributed by atoms with van der Waals surface area (Å²) < 4.78 is 14.5. The first-order valence-electron chi connectivity index (χ1n) is 46.4. The first kappa shape index (κ1) is 79.6. The SMILES string of the molecule is Cc1cc(C)c(N(c2ccccc2)c2ccc3c(c2)Oc2cccc4c2c-3cc2c3ccccc3c(-c3ccc(N(c5ccccc5)c5ccccc5-c5ccccc5)cc3)cc42)c(C)c1-c1cccc(N(c2ccc(-c3cc4c5cccc6c5c(cc4c4ccccc34)-c3ccc(N(c4ccccc4)c4ccccc4-c4ccccc4)cc3O6)cc2)c2ccccc2-c2ccccc2)c1. The van der Waals surface area contributed by atoms with Gasteiger partial charge in [-0.2, -0.15) is 0 Å². The number of rotatable bonds is 18. The molecule has 0 aliphatic carbocycles. The summed E-state index contributed by atoms with van der Waals surface area (Å²) in [6.45, 7) is 6.84. The largest absolute Gasteiger partial charge is 0.456 e. The van der Waals surface area contributed by atoms with Crippen molar-refractivity contribution in [3.63, 3.8) is 0 Å². The maximum atomic E-state index is 7.32. The Morgan fingerprint density at radius 2 is 0.459 bits per heavy atom. The Morgan fingerprint density at radius 1 is 0.163 bits per heavy atom. The van der Waals surface area contributed by atoms with Crippen LogP contribution in [-0.4, -0.2) is 0 Å². The van der Waals surface area contributed by atoms with E-state index in [1.54, 1.807) is 0 Å². The van der Waals surface area contributed by atoms with Gasteiger partial charge in [-0.15, -0.1) is 0 Å². The van der Waals surface area contributed by atoms with Gasteiger partial charge in [0.15, 0.2) is 0 Å². The third kappa shape index (κ3) is 13.7. The average Bonchev–Trinajstić information content (AvgIpc) is 0.714. The van der Waals surface area contributed by atoms with E-state index in [0.717, 1.165) is 196 Å². The average molecular weight is 1730 g/mol. The van der Waals surface area contributed by atoms with E-state index in [1.807, 2.05) is 0 Å². The van der Waals surface area contributed by atoms with Crippen LogP contribution in [0.25, 0.3) is 154 Å². The molecule has 135 heavy (non-hydrogen) atoms.